The van der Waals surface area contributed by atoms with E-state index < -0.39 is 12.0 Å². The van der Waals surface area contributed by atoms with Gasteiger partial charge in [-0.25, -0.2) is 0 Å². The molecule has 0 spiro atoms. The van der Waals surface area contributed by atoms with Crippen LogP contribution < -0.4 is 5.73 Å². The summed E-state index contributed by atoms with van der Waals surface area (Å²) in [5.41, 5.74) is 5.21. The van der Waals surface area contributed by atoms with Gasteiger partial charge in [-0.1, -0.05) is 13.8 Å². The summed E-state index contributed by atoms with van der Waals surface area (Å²) in [6, 6.07) is -0.910. The van der Waals surface area contributed by atoms with Gasteiger partial charge in [-0.15, -0.1) is 0 Å². The normalized spacial score (nSPS) is 13.0. The Morgan fingerprint density at radius 3 is 2.25 bits per heavy atom. The van der Waals surface area contributed by atoms with Crippen LogP contribution in [0.25, 0.3) is 0 Å². The van der Waals surface area contributed by atoms with Crippen LogP contribution >= 0.6 is 0 Å². The average Bonchev–Trinajstić information content (AvgIpc) is 1.98. The van der Waals surface area contributed by atoms with Crippen molar-refractivity contribution in [3.05, 3.63) is 0 Å². The third-order valence-corrected chi connectivity index (χ3v) is 1.66. The van der Waals surface area contributed by atoms with E-state index >= 15 is 0 Å². The first-order chi connectivity index (χ1) is 5.45. The molecule has 12 heavy (non-hydrogen) atoms. The SMILES string of the molecule is CC(C)C(=O)CCC(N)C(=O)O. The van der Waals surface area contributed by atoms with Crippen molar-refractivity contribution in [2.75, 3.05) is 0 Å². The summed E-state index contributed by atoms with van der Waals surface area (Å²) >= 11 is 0. The van der Waals surface area contributed by atoms with E-state index in [1.165, 1.54) is 0 Å². The zero-order chi connectivity index (χ0) is 9.72. The molecule has 0 aliphatic rings. The van der Waals surface area contributed by atoms with E-state index in [0.29, 0.717) is 0 Å². The smallest absolute Gasteiger partial charge is 0.320 e. The monoisotopic (exact) mass is 173 g/mol. The molecule has 0 aromatic carbocycles. The second-order valence-corrected chi connectivity index (χ2v) is 3.10. The summed E-state index contributed by atoms with van der Waals surface area (Å²) in [6.45, 7) is 3.57. The van der Waals surface area contributed by atoms with Crippen LogP contribution in [0.4, 0.5) is 0 Å². The van der Waals surface area contributed by atoms with E-state index in [0.717, 1.165) is 0 Å². The molecule has 0 aromatic heterocycles. The standard InChI is InChI=1S/C8H15NO3/c1-5(2)7(10)4-3-6(9)8(11)12/h5-6H,3-4,9H2,1-2H3,(H,11,12). The van der Waals surface area contributed by atoms with Crippen LogP contribution in [0.2, 0.25) is 0 Å². The molecule has 0 amide bonds. The van der Waals surface area contributed by atoms with Gasteiger partial charge in [0.15, 0.2) is 0 Å². The minimum Gasteiger partial charge on any atom is -0.480 e. The zero-order valence-electron chi connectivity index (χ0n) is 7.41. The number of hydrogen-bond donors (Lipinski definition) is 2. The van der Waals surface area contributed by atoms with Crippen molar-refractivity contribution in [2.24, 2.45) is 11.7 Å². The average molecular weight is 173 g/mol. The number of hydrogen-bond acceptors (Lipinski definition) is 3. The van der Waals surface area contributed by atoms with Gasteiger partial charge in [0.1, 0.15) is 11.8 Å². The van der Waals surface area contributed by atoms with Crippen molar-refractivity contribution >= 4 is 11.8 Å². The molecule has 0 rings (SSSR count). The minimum atomic E-state index is -1.05. The Bertz CT molecular complexity index is 177. The van der Waals surface area contributed by atoms with Gasteiger partial charge in [0.25, 0.3) is 0 Å². The molecule has 0 aromatic rings. The highest BCUT2D eigenvalue weighted by molar-refractivity contribution is 5.81. The summed E-state index contributed by atoms with van der Waals surface area (Å²) in [5.74, 6) is -1.02. The number of ketones is 1. The minimum absolute atomic E-state index is 0.0361. The van der Waals surface area contributed by atoms with Gasteiger partial charge in [0.05, 0.1) is 0 Å². The summed E-state index contributed by atoms with van der Waals surface area (Å²) in [7, 11) is 0. The van der Waals surface area contributed by atoms with E-state index in [4.69, 9.17) is 10.8 Å². The molecule has 0 aliphatic carbocycles. The predicted octanol–water partition coefficient (Wildman–Crippen LogP) is 0.404. The topological polar surface area (TPSA) is 80.4 Å². The van der Waals surface area contributed by atoms with E-state index in [2.05, 4.69) is 0 Å². The number of rotatable bonds is 5. The van der Waals surface area contributed by atoms with Crippen molar-refractivity contribution in [3.63, 3.8) is 0 Å². The van der Waals surface area contributed by atoms with E-state index in [9.17, 15) is 9.59 Å². The maximum Gasteiger partial charge on any atom is 0.320 e. The third-order valence-electron chi connectivity index (χ3n) is 1.66. The largest absolute Gasteiger partial charge is 0.480 e. The van der Waals surface area contributed by atoms with Gasteiger partial charge < -0.3 is 10.8 Å². The second kappa shape index (κ2) is 4.87. The number of Topliss-reactive ketones (excluding diaryl/α,β-unsaturated/α-hetero) is 1. The molecule has 4 heteroatoms. The van der Waals surface area contributed by atoms with Gasteiger partial charge in [-0.2, -0.15) is 0 Å². The van der Waals surface area contributed by atoms with Gasteiger partial charge >= 0.3 is 5.97 Å². The lowest BCUT2D eigenvalue weighted by Crippen LogP contribution is -2.30. The first kappa shape index (κ1) is 11.1. The van der Waals surface area contributed by atoms with E-state index in [1.807, 2.05) is 0 Å². The lowest BCUT2D eigenvalue weighted by atomic mass is 10.0. The molecule has 3 N–H and O–H groups in total. The number of carboxylic acids is 1. The highest BCUT2D eigenvalue weighted by atomic mass is 16.4. The van der Waals surface area contributed by atoms with Crippen LogP contribution in [0.15, 0.2) is 0 Å². The second-order valence-electron chi connectivity index (χ2n) is 3.10. The first-order valence-corrected chi connectivity index (χ1v) is 3.96. The number of nitrogens with two attached hydrogens (primary N) is 1. The van der Waals surface area contributed by atoms with E-state index in [-0.39, 0.29) is 24.5 Å². The number of carbonyl (C=O) groups is 2. The third kappa shape index (κ3) is 4.08. The summed E-state index contributed by atoms with van der Waals surface area (Å²) in [4.78, 5) is 21.3. The van der Waals surface area contributed by atoms with Crippen molar-refractivity contribution < 1.29 is 14.7 Å². The van der Waals surface area contributed by atoms with E-state index in [1.54, 1.807) is 13.8 Å². The van der Waals surface area contributed by atoms with Crippen molar-refractivity contribution in [1.82, 2.24) is 0 Å². The number of aliphatic carboxylic acids is 1. The molecule has 70 valence electrons. The Morgan fingerprint density at radius 1 is 1.42 bits per heavy atom. The Kier molecular flexibility index (Phi) is 4.51. The molecule has 1 atom stereocenters. The van der Waals surface area contributed by atoms with Gasteiger partial charge in [-0.05, 0) is 6.42 Å². The first-order valence-electron chi connectivity index (χ1n) is 3.96. The van der Waals surface area contributed by atoms with Crippen LogP contribution in [0.3, 0.4) is 0 Å². The Balaban J connectivity index is 3.69. The summed E-state index contributed by atoms with van der Waals surface area (Å²) in [5, 5.41) is 8.40. The fourth-order valence-electron chi connectivity index (χ4n) is 0.710. The summed E-state index contributed by atoms with van der Waals surface area (Å²) in [6.07, 6.45) is 0.484. The van der Waals surface area contributed by atoms with Crippen molar-refractivity contribution in [1.29, 1.82) is 0 Å². The van der Waals surface area contributed by atoms with Gasteiger partial charge in [0, 0.05) is 12.3 Å². The summed E-state index contributed by atoms with van der Waals surface area (Å²) < 4.78 is 0. The molecule has 0 aliphatic heterocycles. The molecule has 0 heterocycles. The molecule has 0 bridgehead atoms. The maximum atomic E-state index is 11.0. The Hall–Kier alpha value is -0.900. The maximum absolute atomic E-state index is 11.0. The molecule has 0 saturated heterocycles. The zero-order valence-corrected chi connectivity index (χ0v) is 7.41. The van der Waals surface area contributed by atoms with Crippen molar-refractivity contribution in [2.45, 2.75) is 32.7 Å². The highest BCUT2D eigenvalue weighted by Gasteiger charge is 2.14. The molecular formula is C8H15NO3. The fraction of sp³-hybridized carbons (Fsp3) is 0.750. The molecule has 1 unspecified atom stereocenters. The van der Waals surface area contributed by atoms with Gasteiger partial charge in [0.2, 0.25) is 0 Å². The van der Waals surface area contributed by atoms with Crippen LogP contribution in [-0.2, 0) is 9.59 Å². The van der Waals surface area contributed by atoms with Crippen LogP contribution in [0.1, 0.15) is 26.7 Å². The van der Waals surface area contributed by atoms with Crippen LogP contribution in [0.5, 0.6) is 0 Å². The molecule has 0 fully saturated rings. The van der Waals surface area contributed by atoms with Gasteiger partial charge in [-0.3, -0.25) is 9.59 Å². The molecule has 0 saturated carbocycles. The molecule has 0 radical (unpaired) electrons. The number of carboxylic acid groups (broad SMARTS) is 1. The van der Waals surface area contributed by atoms with Crippen LogP contribution in [0, 0.1) is 5.92 Å². The lowest BCUT2D eigenvalue weighted by Gasteiger charge is -2.06. The fourth-order valence-corrected chi connectivity index (χ4v) is 0.710. The quantitative estimate of drug-likeness (QED) is 0.630. The molecular weight excluding hydrogens is 158 g/mol. The highest BCUT2D eigenvalue weighted by Crippen LogP contribution is 2.03. The Labute approximate surface area is 71.8 Å². The van der Waals surface area contributed by atoms with Crippen molar-refractivity contribution in [3.8, 4) is 0 Å². The Morgan fingerprint density at radius 2 is 1.92 bits per heavy atom. The van der Waals surface area contributed by atoms with Crippen LogP contribution in [-0.4, -0.2) is 22.9 Å². The number of carbonyl (C=O) groups excluding carboxylic acids is 1. The molecule has 4 nitrogen and oxygen atoms in total. The predicted molar refractivity (Wildman–Crippen MR) is 44.7 cm³/mol. The lowest BCUT2D eigenvalue weighted by molar-refractivity contribution is -0.138.